The SMILES string of the molecule is [2H]C([2H])([2H])C([2H])(C([2H])([2H])[2H])C([2H])([2H])c1ccc(N)cn1. The second-order valence-electron chi connectivity index (χ2n) is 1.98. The molecule has 1 aromatic rings. The van der Waals surface area contributed by atoms with E-state index < -0.39 is 31.7 Å². The maximum atomic E-state index is 7.86. The van der Waals surface area contributed by atoms with Crippen LogP contribution in [0.15, 0.2) is 18.3 Å². The third-order valence-electron chi connectivity index (χ3n) is 1.04. The summed E-state index contributed by atoms with van der Waals surface area (Å²) in [5, 5.41) is 0. The van der Waals surface area contributed by atoms with Crippen LogP contribution in [0.4, 0.5) is 5.69 Å². The number of hydrogen-bond acceptors (Lipinski definition) is 2. The van der Waals surface area contributed by atoms with Gasteiger partial charge in [-0.25, -0.2) is 0 Å². The predicted molar refractivity (Wildman–Crippen MR) is 47.2 cm³/mol. The fraction of sp³-hybridized carbons (Fsp3) is 0.444. The maximum absolute atomic E-state index is 7.86. The minimum atomic E-state index is -3.37. The van der Waals surface area contributed by atoms with E-state index in [-0.39, 0.29) is 5.69 Å². The van der Waals surface area contributed by atoms with Crippen molar-refractivity contribution in [2.24, 2.45) is 5.89 Å². The minimum Gasteiger partial charge on any atom is -0.397 e. The molecule has 0 aromatic carbocycles. The summed E-state index contributed by atoms with van der Waals surface area (Å²) < 4.78 is 67.3. The van der Waals surface area contributed by atoms with E-state index in [0.717, 1.165) is 12.3 Å². The minimum absolute atomic E-state index is 0.211. The summed E-state index contributed by atoms with van der Waals surface area (Å²) in [5.74, 6) is -3.35. The Bertz CT molecular complexity index is 460. The molecule has 0 aliphatic carbocycles. The fourth-order valence-electron chi connectivity index (χ4n) is 0.607. The van der Waals surface area contributed by atoms with Gasteiger partial charge in [0.05, 0.1) is 11.9 Å². The molecule has 0 radical (unpaired) electrons. The highest BCUT2D eigenvalue weighted by molar-refractivity contribution is 5.34. The van der Waals surface area contributed by atoms with Crippen LogP contribution in [0.2, 0.25) is 0 Å². The van der Waals surface area contributed by atoms with E-state index in [1.807, 2.05) is 0 Å². The molecule has 2 nitrogen and oxygen atoms in total. The molecule has 0 aliphatic rings. The third kappa shape index (κ3) is 2.58. The molecular formula is C9H14N2. The number of nitrogens with zero attached hydrogens (tertiary/aromatic N) is 1. The number of rotatable bonds is 2. The van der Waals surface area contributed by atoms with E-state index in [2.05, 4.69) is 4.98 Å². The van der Waals surface area contributed by atoms with E-state index in [1.165, 1.54) is 6.07 Å². The number of anilines is 1. The van der Waals surface area contributed by atoms with Crippen molar-refractivity contribution >= 4 is 5.69 Å². The topological polar surface area (TPSA) is 38.9 Å². The average molecular weight is 159 g/mol. The highest BCUT2D eigenvalue weighted by atomic mass is 14.7. The molecule has 2 heteroatoms. The van der Waals surface area contributed by atoms with E-state index in [9.17, 15) is 0 Å². The van der Waals surface area contributed by atoms with Gasteiger partial charge in [0, 0.05) is 18.0 Å². The van der Waals surface area contributed by atoms with Gasteiger partial charge < -0.3 is 5.73 Å². The van der Waals surface area contributed by atoms with Crippen molar-refractivity contribution in [1.82, 2.24) is 4.98 Å². The zero-order chi connectivity index (χ0) is 16.0. The summed E-state index contributed by atoms with van der Waals surface area (Å²) in [7, 11) is 0. The van der Waals surface area contributed by atoms with Crippen LogP contribution >= 0.6 is 0 Å². The van der Waals surface area contributed by atoms with Gasteiger partial charge in [0.25, 0.3) is 0 Å². The maximum Gasteiger partial charge on any atom is 0.0501 e. The van der Waals surface area contributed by atoms with Gasteiger partial charge in [-0.05, 0) is 24.4 Å². The van der Waals surface area contributed by atoms with Crippen molar-refractivity contribution in [3.63, 3.8) is 0 Å². The molecule has 0 fully saturated rings. The molecule has 60 valence electrons. The summed E-state index contributed by atoms with van der Waals surface area (Å²) in [6, 6.07) is 2.34. The molecule has 0 amide bonds. The van der Waals surface area contributed by atoms with Gasteiger partial charge in [-0.1, -0.05) is 13.7 Å². The molecule has 0 saturated heterocycles. The van der Waals surface area contributed by atoms with Crippen molar-refractivity contribution in [3.8, 4) is 0 Å². The van der Waals surface area contributed by atoms with E-state index in [1.54, 1.807) is 0 Å². The number of nitrogens with two attached hydrogens (primary N) is 1. The second-order valence-corrected chi connectivity index (χ2v) is 1.98. The zero-order valence-electron chi connectivity index (χ0n) is 14.8. The monoisotopic (exact) mass is 159 g/mol. The lowest BCUT2D eigenvalue weighted by Crippen LogP contribution is -1.97. The first kappa shape index (κ1) is 2.22. The molecule has 0 spiro atoms. The molecule has 1 aromatic heterocycles. The van der Waals surface area contributed by atoms with Gasteiger partial charge in [0.15, 0.2) is 0 Å². The first-order chi connectivity index (χ1) is 8.75. The summed E-state index contributed by atoms with van der Waals surface area (Å²) >= 11 is 0. The summed E-state index contributed by atoms with van der Waals surface area (Å²) in [6.45, 7) is -6.74. The largest absolute Gasteiger partial charge is 0.397 e. The van der Waals surface area contributed by atoms with Gasteiger partial charge >= 0.3 is 0 Å². The van der Waals surface area contributed by atoms with Crippen LogP contribution in [0.5, 0.6) is 0 Å². The van der Waals surface area contributed by atoms with Crippen molar-refractivity contribution in [2.45, 2.75) is 20.1 Å². The van der Waals surface area contributed by atoms with Crippen molar-refractivity contribution < 1.29 is 12.3 Å². The Labute approximate surface area is 80.1 Å². The van der Waals surface area contributed by atoms with Gasteiger partial charge in [-0.2, -0.15) is 0 Å². The highest BCUT2D eigenvalue weighted by Gasteiger charge is 1.97. The highest BCUT2D eigenvalue weighted by Crippen LogP contribution is 2.06. The number of hydrogen-bond donors (Lipinski definition) is 1. The summed E-state index contributed by atoms with van der Waals surface area (Å²) in [6.07, 6.45) is -1.94. The van der Waals surface area contributed by atoms with Gasteiger partial charge in [-0.15, -0.1) is 0 Å². The molecule has 0 unspecified atom stereocenters. The number of nitrogen functional groups attached to an aromatic ring is 1. The van der Waals surface area contributed by atoms with Gasteiger partial charge in [-0.3, -0.25) is 4.98 Å². The Morgan fingerprint density at radius 3 is 3.18 bits per heavy atom. The lowest BCUT2D eigenvalue weighted by molar-refractivity contribution is 0.635. The molecule has 1 rings (SSSR count). The molecule has 0 bridgehead atoms. The van der Waals surface area contributed by atoms with Crippen LogP contribution in [0.25, 0.3) is 0 Å². The van der Waals surface area contributed by atoms with Crippen LogP contribution in [0.1, 0.15) is 31.7 Å². The zero-order valence-corrected chi connectivity index (χ0v) is 5.76. The van der Waals surface area contributed by atoms with Crippen LogP contribution in [0, 0.1) is 5.89 Å². The van der Waals surface area contributed by atoms with Gasteiger partial charge in [0.2, 0.25) is 0 Å². The molecular weight excluding hydrogens is 136 g/mol. The summed E-state index contributed by atoms with van der Waals surface area (Å²) in [4.78, 5) is 3.62. The fourth-order valence-corrected chi connectivity index (χ4v) is 0.607. The number of pyridine rings is 1. The van der Waals surface area contributed by atoms with E-state index >= 15 is 0 Å². The Kier molecular flexibility index (Phi) is 0.681. The average Bonchev–Trinajstić information content (AvgIpc) is 2.25. The van der Waals surface area contributed by atoms with E-state index in [4.69, 9.17) is 18.1 Å². The Morgan fingerprint density at radius 1 is 1.82 bits per heavy atom. The lowest BCUT2D eigenvalue weighted by Gasteiger charge is -2.02. The van der Waals surface area contributed by atoms with Crippen molar-refractivity contribution in [2.75, 3.05) is 5.73 Å². The third-order valence-corrected chi connectivity index (χ3v) is 1.04. The van der Waals surface area contributed by atoms with E-state index in [0.29, 0.717) is 0 Å². The van der Waals surface area contributed by atoms with Crippen LogP contribution in [0.3, 0.4) is 0 Å². The Hall–Kier alpha value is -1.05. The van der Waals surface area contributed by atoms with Crippen molar-refractivity contribution in [3.05, 3.63) is 24.0 Å². The molecule has 11 heavy (non-hydrogen) atoms. The second kappa shape index (κ2) is 3.37. The smallest absolute Gasteiger partial charge is 0.0501 e. The number of aromatic nitrogens is 1. The predicted octanol–water partition coefficient (Wildman–Crippen LogP) is 1.86. The standard InChI is InChI=1S/C9H14N2/c1-7(2)5-9-4-3-8(10)6-11-9/h3-4,6-7H,5,10H2,1-2H3/i1D3,2D3,5D2,7D. The summed E-state index contributed by atoms with van der Waals surface area (Å²) in [5.41, 5.74) is 5.14. The normalized spacial score (nSPS) is 27.1. The molecule has 1 heterocycles. The lowest BCUT2D eigenvalue weighted by atomic mass is 10.1. The van der Waals surface area contributed by atoms with Crippen molar-refractivity contribution in [1.29, 1.82) is 0 Å². The first-order valence-corrected chi connectivity index (χ1v) is 2.97. The Morgan fingerprint density at radius 2 is 2.64 bits per heavy atom. The molecule has 0 atom stereocenters. The molecule has 2 N–H and O–H groups in total. The molecule has 0 aliphatic heterocycles. The van der Waals surface area contributed by atoms with Crippen LogP contribution in [-0.4, -0.2) is 4.98 Å². The quantitative estimate of drug-likeness (QED) is 0.715. The van der Waals surface area contributed by atoms with Crippen LogP contribution in [-0.2, 0) is 6.37 Å². The van der Waals surface area contributed by atoms with Crippen LogP contribution < -0.4 is 5.73 Å². The Balaban J connectivity index is 3.51. The van der Waals surface area contributed by atoms with Gasteiger partial charge in [0.1, 0.15) is 0 Å². The molecule has 0 saturated carbocycles. The first-order valence-electron chi connectivity index (χ1n) is 7.47.